The van der Waals surface area contributed by atoms with Crippen molar-refractivity contribution in [1.29, 1.82) is 0 Å². The topological polar surface area (TPSA) is 29.0 Å². The van der Waals surface area contributed by atoms with Crippen molar-refractivity contribution in [3.63, 3.8) is 0 Å². The molecule has 4 heteroatoms. The summed E-state index contributed by atoms with van der Waals surface area (Å²) in [5.41, 5.74) is 2.30. The number of anilines is 1. The molecular formula is C13H22ClN3. The lowest BCUT2D eigenvalue weighted by Crippen LogP contribution is -2.40. The molecule has 17 heavy (non-hydrogen) atoms. The fourth-order valence-electron chi connectivity index (χ4n) is 1.66. The summed E-state index contributed by atoms with van der Waals surface area (Å²) in [5, 5.41) is 8.70. The van der Waals surface area contributed by atoms with Crippen LogP contribution in [0.2, 0.25) is 5.15 Å². The van der Waals surface area contributed by atoms with Gasteiger partial charge < -0.3 is 4.90 Å². The normalized spacial score (nSPS) is 13.6. The fourth-order valence-corrected chi connectivity index (χ4v) is 1.84. The number of halogens is 1. The zero-order chi connectivity index (χ0) is 13.4. The summed E-state index contributed by atoms with van der Waals surface area (Å²) in [6.45, 7) is 12.9. The van der Waals surface area contributed by atoms with Crippen LogP contribution in [-0.2, 0) is 0 Å². The molecule has 0 aliphatic rings. The summed E-state index contributed by atoms with van der Waals surface area (Å²) in [7, 11) is 2.06. The second kappa shape index (κ2) is 4.81. The molecule has 0 spiro atoms. The van der Waals surface area contributed by atoms with Crippen molar-refractivity contribution in [3.8, 4) is 0 Å². The first kappa shape index (κ1) is 14.2. The van der Waals surface area contributed by atoms with Gasteiger partial charge in [-0.05, 0) is 37.3 Å². The minimum absolute atomic E-state index is 0.191. The molecule has 1 atom stereocenters. The van der Waals surface area contributed by atoms with Crippen LogP contribution in [0.5, 0.6) is 0 Å². The molecular weight excluding hydrogens is 234 g/mol. The van der Waals surface area contributed by atoms with Crippen molar-refractivity contribution < 1.29 is 0 Å². The molecule has 1 heterocycles. The molecule has 0 saturated heterocycles. The van der Waals surface area contributed by atoms with Crippen molar-refractivity contribution >= 4 is 17.4 Å². The molecule has 1 unspecified atom stereocenters. The van der Waals surface area contributed by atoms with Crippen LogP contribution in [0, 0.1) is 19.3 Å². The van der Waals surface area contributed by atoms with E-state index in [0.29, 0.717) is 11.2 Å². The maximum absolute atomic E-state index is 5.97. The molecule has 1 rings (SSSR count). The van der Waals surface area contributed by atoms with Crippen LogP contribution in [0.15, 0.2) is 0 Å². The average Bonchev–Trinajstić information content (AvgIpc) is 2.23. The van der Waals surface area contributed by atoms with Gasteiger partial charge in [-0.2, -0.15) is 0 Å². The second-order valence-electron chi connectivity index (χ2n) is 5.72. The van der Waals surface area contributed by atoms with Crippen molar-refractivity contribution in [3.05, 3.63) is 16.3 Å². The molecule has 0 radical (unpaired) electrons. The number of hydrogen-bond donors (Lipinski definition) is 0. The van der Waals surface area contributed by atoms with Crippen LogP contribution in [0.4, 0.5) is 5.82 Å². The Morgan fingerprint density at radius 1 is 1.12 bits per heavy atom. The summed E-state index contributed by atoms with van der Waals surface area (Å²) < 4.78 is 0. The Morgan fingerprint density at radius 3 is 2.12 bits per heavy atom. The van der Waals surface area contributed by atoms with E-state index in [0.717, 1.165) is 16.9 Å². The highest BCUT2D eigenvalue weighted by Gasteiger charge is 2.26. The maximum atomic E-state index is 5.97. The Labute approximate surface area is 109 Å². The van der Waals surface area contributed by atoms with Gasteiger partial charge in [-0.3, -0.25) is 0 Å². The Balaban J connectivity index is 3.14. The zero-order valence-electron chi connectivity index (χ0n) is 11.8. The van der Waals surface area contributed by atoms with Gasteiger partial charge in [0.25, 0.3) is 0 Å². The molecule has 0 saturated carbocycles. The quantitative estimate of drug-likeness (QED) is 0.808. The lowest BCUT2D eigenvalue weighted by atomic mass is 9.87. The van der Waals surface area contributed by atoms with Gasteiger partial charge in [0.15, 0.2) is 11.0 Å². The Hall–Kier alpha value is -0.830. The fraction of sp³-hybridized carbons (Fsp3) is 0.692. The molecule has 1 aromatic heterocycles. The molecule has 0 amide bonds. The van der Waals surface area contributed by atoms with Crippen LogP contribution >= 0.6 is 11.6 Å². The van der Waals surface area contributed by atoms with E-state index in [1.165, 1.54) is 0 Å². The largest absolute Gasteiger partial charge is 0.355 e. The first-order valence-corrected chi connectivity index (χ1v) is 6.26. The van der Waals surface area contributed by atoms with E-state index in [2.05, 4.69) is 49.8 Å². The summed E-state index contributed by atoms with van der Waals surface area (Å²) in [6, 6.07) is 0.371. The van der Waals surface area contributed by atoms with Crippen LogP contribution in [0.3, 0.4) is 0 Å². The third kappa shape index (κ3) is 2.89. The molecule has 1 aromatic rings. The minimum atomic E-state index is 0.191. The summed E-state index contributed by atoms with van der Waals surface area (Å²) in [5.74, 6) is 0.911. The molecule has 3 nitrogen and oxygen atoms in total. The van der Waals surface area contributed by atoms with E-state index in [1.807, 2.05) is 13.8 Å². The first-order valence-electron chi connectivity index (χ1n) is 5.88. The first-order chi connectivity index (χ1) is 7.66. The highest BCUT2D eigenvalue weighted by molar-refractivity contribution is 6.30. The van der Waals surface area contributed by atoms with E-state index < -0.39 is 0 Å². The van der Waals surface area contributed by atoms with E-state index >= 15 is 0 Å². The standard InChI is InChI=1S/C13H22ClN3/c1-8-9(2)12(16-15-11(8)14)17(7)10(3)13(4,5)6/h10H,1-7H3. The monoisotopic (exact) mass is 255 g/mol. The van der Waals surface area contributed by atoms with Crippen LogP contribution in [-0.4, -0.2) is 23.3 Å². The highest BCUT2D eigenvalue weighted by atomic mass is 35.5. The zero-order valence-corrected chi connectivity index (χ0v) is 12.6. The van der Waals surface area contributed by atoms with E-state index in [9.17, 15) is 0 Å². The lowest BCUT2D eigenvalue weighted by Gasteiger charge is -2.36. The predicted molar refractivity (Wildman–Crippen MR) is 73.8 cm³/mol. The summed E-state index contributed by atoms with van der Waals surface area (Å²) in [4.78, 5) is 2.17. The SMILES string of the molecule is Cc1c(Cl)nnc(N(C)C(C)C(C)(C)C)c1C. The molecule has 0 fully saturated rings. The average molecular weight is 256 g/mol. The Morgan fingerprint density at radius 2 is 1.65 bits per heavy atom. The molecule has 0 bridgehead atoms. The van der Waals surface area contributed by atoms with Gasteiger partial charge in [0.05, 0.1) is 0 Å². The van der Waals surface area contributed by atoms with Gasteiger partial charge in [0, 0.05) is 13.1 Å². The van der Waals surface area contributed by atoms with Gasteiger partial charge in [0.2, 0.25) is 0 Å². The van der Waals surface area contributed by atoms with Crippen LogP contribution < -0.4 is 4.90 Å². The molecule has 96 valence electrons. The predicted octanol–water partition coefficient (Wildman–Crippen LogP) is 3.62. The minimum Gasteiger partial charge on any atom is -0.355 e. The summed E-state index contributed by atoms with van der Waals surface area (Å²) >= 11 is 5.97. The Bertz CT molecular complexity index is 410. The maximum Gasteiger partial charge on any atom is 0.155 e. The number of hydrogen-bond acceptors (Lipinski definition) is 3. The van der Waals surface area contributed by atoms with Crippen LogP contribution in [0.25, 0.3) is 0 Å². The number of rotatable bonds is 2. The van der Waals surface area contributed by atoms with Gasteiger partial charge in [-0.1, -0.05) is 32.4 Å². The number of aromatic nitrogens is 2. The van der Waals surface area contributed by atoms with Gasteiger partial charge >= 0.3 is 0 Å². The molecule has 0 aliphatic carbocycles. The lowest BCUT2D eigenvalue weighted by molar-refractivity contribution is 0.328. The van der Waals surface area contributed by atoms with Crippen molar-refractivity contribution in [1.82, 2.24) is 10.2 Å². The molecule has 0 aliphatic heterocycles. The van der Waals surface area contributed by atoms with Gasteiger partial charge in [-0.25, -0.2) is 0 Å². The van der Waals surface area contributed by atoms with Crippen molar-refractivity contribution in [2.45, 2.75) is 47.6 Å². The Kier molecular flexibility index (Phi) is 4.03. The van der Waals surface area contributed by atoms with Gasteiger partial charge in [-0.15, -0.1) is 10.2 Å². The smallest absolute Gasteiger partial charge is 0.155 e. The highest BCUT2D eigenvalue weighted by Crippen LogP contribution is 2.29. The van der Waals surface area contributed by atoms with E-state index in [-0.39, 0.29) is 5.41 Å². The molecule has 0 aromatic carbocycles. The number of nitrogens with zero attached hydrogens (tertiary/aromatic N) is 3. The van der Waals surface area contributed by atoms with Crippen LogP contribution in [0.1, 0.15) is 38.8 Å². The summed E-state index contributed by atoms with van der Waals surface area (Å²) in [6.07, 6.45) is 0. The van der Waals surface area contributed by atoms with E-state index in [1.54, 1.807) is 0 Å². The third-order valence-corrected chi connectivity index (χ3v) is 3.97. The third-order valence-electron chi connectivity index (χ3n) is 3.61. The van der Waals surface area contributed by atoms with Crippen molar-refractivity contribution in [2.24, 2.45) is 5.41 Å². The van der Waals surface area contributed by atoms with E-state index in [4.69, 9.17) is 11.6 Å². The molecule has 0 N–H and O–H groups in total. The van der Waals surface area contributed by atoms with Crippen molar-refractivity contribution in [2.75, 3.05) is 11.9 Å². The van der Waals surface area contributed by atoms with Gasteiger partial charge in [0.1, 0.15) is 0 Å². The second-order valence-corrected chi connectivity index (χ2v) is 6.08.